The quantitative estimate of drug-likeness (QED) is 0.875. The molecule has 1 aliphatic heterocycles. The molecule has 2 rings (SSSR count). The lowest BCUT2D eigenvalue weighted by atomic mass is 9.79. The van der Waals surface area contributed by atoms with E-state index in [2.05, 4.69) is 68.4 Å². The van der Waals surface area contributed by atoms with E-state index in [0.717, 1.165) is 0 Å². The smallest absolute Gasteiger partial charge is 0.0209 e. The van der Waals surface area contributed by atoms with Gasteiger partial charge in [-0.05, 0) is 44.3 Å². The summed E-state index contributed by atoms with van der Waals surface area (Å²) in [5.41, 5.74) is 1.67. The molecule has 1 fully saturated rings. The highest BCUT2D eigenvalue weighted by atomic mass is 15.2. The van der Waals surface area contributed by atoms with Crippen LogP contribution in [0.25, 0.3) is 0 Å². The maximum Gasteiger partial charge on any atom is 0.0209 e. The number of rotatable bonds is 5. The van der Waals surface area contributed by atoms with Crippen LogP contribution in [-0.2, 0) is 5.41 Å². The number of hydrogen-bond donors (Lipinski definition) is 1. The van der Waals surface area contributed by atoms with Crippen LogP contribution in [0, 0.1) is 0 Å². The first kappa shape index (κ1) is 14.5. The second-order valence-corrected chi connectivity index (χ2v) is 6.77. The summed E-state index contributed by atoms with van der Waals surface area (Å²) in [4.78, 5) is 2.41. The van der Waals surface area contributed by atoms with Crippen molar-refractivity contribution in [3.05, 3.63) is 35.9 Å². The largest absolute Gasteiger partial charge is 0.310 e. The van der Waals surface area contributed by atoms with E-state index in [9.17, 15) is 0 Å². The predicted molar refractivity (Wildman–Crippen MR) is 82.6 cm³/mol. The standard InChI is InChI=1S/C17H28N2/c1-14(18-16-10-11-19(4)13-16)12-17(2,3)15-8-6-5-7-9-15/h5-9,14,16,18H,10-13H2,1-4H3. The van der Waals surface area contributed by atoms with Crippen LogP contribution in [0.5, 0.6) is 0 Å². The van der Waals surface area contributed by atoms with Gasteiger partial charge in [-0.3, -0.25) is 0 Å². The molecule has 0 spiro atoms. The van der Waals surface area contributed by atoms with Gasteiger partial charge in [0.25, 0.3) is 0 Å². The summed E-state index contributed by atoms with van der Waals surface area (Å²) in [5, 5.41) is 3.79. The normalized spacial score (nSPS) is 22.6. The van der Waals surface area contributed by atoms with Crippen LogP contribution in [0.1, 0.15) is 39.2 Å². The second kappa shape index (κ2) is 6.06. The van der Waals surface area contributed by atoms with Gasteiger partial charge < -0.3 is 10.2 Å². The zero-order chi connectivity index (χ0) is 13.9. The lowest BCUT2D eigenvalue weighted by molar-refractivity contribution is 0.344. The molecule has 0 saturated carbocycles. The van der Waals surface area contributed by atoms with Gasteiger partial charge in [-0.2, -0.15) is 0 Å². The molecule has 2 nitrogen and oxygen atoms in total. The molecule has 1 saturated heterocycles. The molecule has 0 aliphatic carbocycles. The third-order valence-corrected chi connectivity index (χ3v) is 4.28. The fourth-order valence-electron chi connectivity index (χ4n) is 3.31. The fraction of sp³-hybridized carbons (Fsp3) is 0.647. The van der Waals surface area contributed by atoms with Crippen LogP contribution in [0.15, 0.2) is 30.3 Å². The first-order chi connectivity index (χ1) is 8.97. The fourth-order valence-corrected chi connectivity index (χ4v) is 3.31. The molecular weight excluding hydrogens is 232 g/mol. The topological polar surface area (TPSA) is 15.3 Å². The number of likely N-dealkylation sites (N-methyl/N-ethyl adjacent to an activating group) is 1. The highest BCUT2D eigenvalue weighted by molar-refractivity contribution is 5.23. The van der Waals surface area contributed by atoms with Crippen molar-refractivity contribution >= 4 is 0 Å². The molecular formula is C17H28N2. The molecule has 2 atom stereocenters. The monoisotopic (exact) mass is 260 g/mol. The summed E-state index contributed by atoms with van der Waals surface area (Å²) < 4.78 is 0. The molecule has 1 aromatic rings. The first-order valence-electron chi connectivity index (χ1n) is 7.47. The zero-order valence-corrected chi connectivity index (χ0v) is 12.8. The molecule has 1 heterocycles. The lowest BCUT2D eigenvalue weighted by Gasteiger charge is -2.30. The van der Waals surface area contributed by atoms with Gasteiger partial charge in [-0.15, -0.1) is 0 Å². The van der Waals surface area contributed by atoms with Gasteiger partial charge in [0, 0.05) is 18.6 Å². The first-order valence-corrected chi connectivity index (χ1v) is 7.47. The summed E-state index contributed by atoms with van der Waals surface area (Å²) >= 11 is 0. The molecule has 0 amide bonds. The molecule has 2 unspecified atom stereocenters. The van der Waals surface area contributed by atoms with Gasteiger partial charge in [-0.1, -0.05) is 44.2 Å². The average molecular weight is 260 g/mol. The van der Waals surface area contributed by atoms with Crippen LogP contribution in [0.4, 0.5) is 0 Å². The van der Waals surface area contributed by atoms with E-state index in [1.807, 2.05) is 0 Å². The van der Waals surface area contributed by atoms with E-state index >= 15 is 0 Å². The summed E-state index contributed by atoms with van der Waals surface area (Å²) in [6, 6.07) is 12.1. The minimum absolute atomic E-state index is 0.234. The maximum absolute atomic E-state index is 3.79. The van der Waals surface area contributed by atoms with Gasteiger partial charge in [-0.25, -0.2) is 0 Å². The van der Waals surface area contributed by atoms with Crippen LogP contribution < -0.4 is 5.32 Å². The minimum atomic E-state index is 0.234. The van der Waals surface area contributed by atoms with Gasteiger partial charge in [0.1, 0.15) is 0 Å². The van der Waals surface area contributed by atoms with Crippen molar-refractivity contribution in [2.45, 2.75) is 51.1 Å². The molecule has 0 radical (unpaired) electrons. The van der Waals surface area contributed by atoms with Crippen LogP contribution in [-0.4, -0.2) is 37.1 Å². The Morgan fingerprint density at radius 2 is 2.00 bits per heavy atom. The Bertz CT molecular complexity index is 386. The minimum Gasteiger partial charge on any atom is -0.310 e. The Hall–Kier alpha value is -0.860. The average Bonchev–Trinajstić information content (AvgIpc) is 2.75. The molecule has 1 aromatic carbocycles. The van der Waals surface area contributed by atoms with E-state index in [1.54, 1.807) is 0 Å². The third-order valence-electron chi connectivity index (χ3n) is 4.28. The Balaban J connectivity index is 1.89. The Morgan fingerprint density at radius 1 is 1.32 bits per heavy atom. The van der Waals surface area contributed by atoms with Gasteiger partial charge in [0.05, 0.1) is 0 Å². The number of nitrogens with one attached hydrogen (secondary N) is 1. The predicted octanol–water partition coefficient (Wildman–Crippen LogP) is 3.04. The number of likely N-dealkylation sites (tertiary alicyclic amines) is 1. The van der Waals surface area contributed by atoms with Crippen molar-refractivity contribution in [1.82, 2.24) is 10.2 Å². The van der Waals surface area contributed by atoms with Crippen molar-refractivity contribution < 1.29 is 0 Å². The van der Waals surface area contributed by atoms with E-state index in [0.29, 0.717) is 12.1 Å². The van der Waals surface area contributed by atoms with E-state index < -0.39 is 0 Å². The van der Waals surface area contributed by atoms with Crippen molar-refractivity contribution in [1.29, 1.82) is 0 Å². The Kier molecular flexibility index (Phi) is 4.64. The SMILES string of the molecule is CC(CC(C)(C)c1ccccc1)NC1CCN(C)C1. The van der Waals surface area contributed by atoms with Gasteiger partial charge in [0.2, 0.25) is 0 Å². The van der Waals surface area contributed by atoms with E-state index in [1.165, 1.54) is 31.5 Å². The summed E-state index contributed by atoms with van der Waals surface area (Å²) in [6.07, 6.45) is 2.46. The van der Waals surface area contributed by atoms with Crippen molar-refractivity contribution in [2.75, 3.05) is 20.1 Å². The van der Waals surface area contributed by atoms with Gasteiger partial charge in [0.15, 0.2) is 0 Å². The van der Waals surface area contributed by atoms with Crippen LogP contribution in [0.3, 0.4) is 0 Å². The number of benzene rings is 1. The van der Waals surface area contributed by atoms with Crippen LogP contribution in [0.2, 0.25) is 0 Å². The molecule has 1 N–H and O–H groups in total. The third kappa shape index (κ3) is 4.05. The highest BCUT2D eigenvalue weighted by Gasteiger charge is 2.26. The van der Waals surface area contributed by atoms with Crippen molar-refractivity contribution in [3.8, 4) is 0 Å². The molecule has 1 aliphatic rings. The van der Waals surface area contributed by atoms with E-state index in [4.69, 9.17) is 0 Å². The second-order valence-electron chi connectivity index (χ2n) is 6.77. The van der Waals surface area contributed by atoms with Gasteiger partial charge >= 0.3 is 0 Å². The zero-order valence-electron chi connectivity index (χ0n) is 12.8. The highest BCUT2D eigenvalue weighted by Crippen LogP contribution is 2.28. The molecule has 0 bridgehead atoms. The molecule has 106 valence electrons. The number of hydrogen-bond acceptors (Lipinski definition) is 2. The number of nitrogens with zero attached hydrogens (tertiary/aromatic N) is 1. The Morgan fingerprint density at radius 3 is 2.58 bits per heavy atom. The lowest BCUT2D eigenvalue weighted by Crippen LogP contribution is -2.41. The van der Waals surface area contributed by atoms with E-state index in [-0.39, 0.29) is 5.41 Å². The summed E-state index contributed by atoms with van der Waals surface area (Å²) in [5.74, 6) is 0. The molecule has 0 aromatic heterocycles. The maximum atomic E-state index is 3.79. The Labute approximate surface area is 118 Å². The van der Waals surface area contributed by atoms with Crippen molar-refractivity contribution in [3.63, 3.8) is 0 Å². The van der Waals surface area contributed by atoms with Crippen LogP contribution >= 0.6 is 0 Å². The summed E-state index contributed by atoms with van der Waals surface area (Å²) in [6.45, 7) is 9.44. The molecule has 19 heavy (non-hydrogen) atoms. The van der Waals surface area contributed by atoms with Crippen molar-refractivity contribution in [2.24, 2.45) is 0 Å². The molecule has 2 heteroatoms. The summed E-state index contributed by atoms with van der Waals surface area (Å²) in [7, 11) is 2.21.